The van der Waals surface area contributed by atoms with Gasteiger partial charge in [0.25, 0.3) is 0 Å². The van der Waals surface area contributed by atoms with Crippen LogP contribution in [0, 0.1) is 0 Å². The SMILES string of the molecule is CC(O)CNC1=NCC2CN(C(=O)OC(C)(C)C)CCN12.I. The number of aliphatic hydroxyl groups is 1. The molecular formula is C14H27IN4O3. The van der Waals surface area contributed by atoms with Crippen molar-refractivity contribution in [3.05, 3.63) is 0 Å². The van der Waals surface area contributed by atoms with Crippen molar-refractivity contribution in [2.75, 3.05) is 32.7 Å². The third kappa shape index (κ3) is 5.15. The van der Waals surface area contributed by atoms with Gasteiger partial charge in [-0.1, -0.05) is 0 Å². The van der Waals surface area contributed by atoms with Crippen LogP contribution < -0.4 is 5.32 Å². The van der Waals surface area contributed by atoms with Gasteiger partial charge in [0.05, 0.1) is 18.7 Å². The van der Waals surface area contributed by atoms with Gasteiger partial charge in [0, 0.05) is 26.2 Å². The molecule has 2 atom stereocenters. The number of carbonyl (C=O) groups excluding carboxylic acids is 1. The fourth-order valence-electron chi connectivity index (χ4n) is 2.46. The van der Waals surface area contributed by atoms with E-state index in [2.05, 4.69) is 15.2 Å². The van der Waals surface area contributed by atoms with Crippen molar-refractivity contribution in [3.8, 4) is 0 Å². The number of halogens is 1. The fourth-order valence-corrected chi connectivity index (χ4v) is 2.46. The molecule has 0 bridgehead atoms. The van der Waals surface area contributed by atoms with Gasteiger partial charge in [-0.25, -0.2) is 4.79 Å². The van der Waals surface area contributed by atoms with Gasteiger partial charge >= 0.3 is 6.09 Å². The summed E-state index contributed by atoms with van der Waals surface area (Å²) in [5, 5.41) is 12.5. The third-order valence-electron chi connectivity index (χ3n) is 3.41. The Morgan fingerprint density at radius 3 is 2.77 bits per heavy atom. The number of fused-ring (bicyclic) bond motifs is 1. The molecule has 1 fully saturated rings. The molecule has 2 aliphatic heterocycles. The Morgan fingerprint density at radius 2 is 2.18 bits per heavy atom. The molecule has 2 heterocycles. The molecule has 22 heavy (non-hydrogen) atoms. The van der Waals surface area contributed by atoms with Crippen molar-refractivity contribution in [3.63, 3.8) is 0 Å². The average molecular weight is 426 g/mol. The molecule has 7 nitrogen and oxygen atoms in total. The lowest BCUT2D eigenvalue weighted by Gasteiger charge is -2.39. The maximum Gasteiger partial charge on any atom is 0.410 e. The summed E-state index contributed by atoms with van der Waals surface area (Å²) in [4.78, 5) is 20.5. The number of hydrogen-bond donors (Lipinski definition) is 2. The maximum atomic E-state index is 12.1. The number of carbonyl (C=O) groups is 1. The summed E-state index contributed by atoms with van der Waals surface area (Å²) >= 11 is 0. The Kier molecular flexibility index (Phi) is 6.72. The monoisotopic (exact) mass is 426 g/mol. The van der Waals surface area contributed by atoms with E-state index in [0.29, 0.717) is 26.2 Å². The molecule has 0 spiro atoms. The first-order chi connectivity index (χ1) is 9.76. The number of piperazine rings is 1. The van der Waals surface area contributed by atoms with Crippen LogP contribution in [-0.2, 0) is 4.74 Å². The lowest BCUT2D eigenvalue weighted by atomic mass is 10.2. The van der Waals surface area contributed by atoms with Gasteiger partial charge in [-0.2, -0.15) is 0 Å². The smallest absolute Gasteiger partial charge is 0.410 e. The zero-order valence-electron chi connectivity index (χ0n) is 13.7. The van der Waals surface area contributed by atoms with E-state index in [4.69, 9.17) is 4.74 Å². The number of amides is 1. The normalized spacial score (nSPS) is 22.4. The van der Waals surface area contributed by atoms with Gasteiger partial charge < -0.3 is 25.0 Å². The summed E-state index contributed by atoms with van der Waals surface area (Å²) in [6.45, 7) is 10.5. The molecule has 1 saturated heterocycles. The van der Waals surface area contributed by atoms with E-state index in [0.717, 1.165) is 12.5 Å². The molecular weight excluding hydrogens is 399 g/mol. The van der Waals surface area contributed by atoms with Crippen LogP contribution in [0.1, 0.15) is 27.7 Å². The van der Waals surface area contributed by atoms with E-state index >= 15 is 0 Å². The van der Waals surface area contributed by atoms with Crippen LogP contribution >= 0.6 is 24.0 Å². The van der Waals surface area contributed by atoms with Crippen molar-refractivity contribution in [2.24, 2.45) is 4.99 Å². The standard InChI is InChI=1S/C14H26N4O3.HI/c1-10(19)7-15-12-16-8-11-9-17(5-6-18(11)12)13(20)21-14(2,3)4;/h10-11,19H,5-9H2,1-4H3,(H,15,16);1H. The van der Waals surface area contributed by atoms with Crippen molar-refractivity contribution in [2.45, 2.75) is 45.4 Å². The molecule has 0 aromatic rings. The molecule has 0 radical (unpaired) electrons. The maximum absolute atomic E-state index is 12.1. The summed E-state index contributed by atoms with van der Waals surface area (Å²) in [6, 6.07) is 0.197. The van der Waals surface area contributed by atoms with Crippen LogP contribution in [0.25, 0.3) is 0 Å². The van der Waals surface area contributed by atoms with Crippen LogP contribution in [-0.4, -0.2) is 77.4 Å². The molecule has 128 valence electrons. The number of aliphatic hydroxyl groups excluding tert-OH is 1. The molecule has 0 aromatic carbocycles. The van der Waals surface area contributed by atoms with Gasteiger partial charge in [0.1, 0.15) is 5.60 Å². The predicted molar refractivity (Wildman–Crippen MR) is 95.7 cm³/mol. The summed E-state index contributed by atoms with van der Waals surface area (Å²) in [7, 11) is 0. The molecule has 2 rings (SSSR count). The van der Waals surface area contributed by atoms with Crippen LogP contribution in [0.2, 0.25) is 0 Å². The van der Waals surface area contributed by atoms with Gasteiger partial charge in [-0.15, -0.1) is 24.0 Å². The molecule has 0 saturated carbocycles. The van der Waals surface area contributed by atoms with Crippen molar-refractivity contribution < 1.29 is 14.6 Å². The second-order valence-electron chi connectivity index (χ2n) is 6.67. The van der Waals surface area contributed by atoms with Crippen LogP contribution in [0.5, 0.6) is 0 Å². The zero-order valence-corrected chi connectivity index (χ0v) is 16.0. The van der Waals surface area contributed by atoms with Crippen LogP contribution in [0.4, 0.5) is 4.79 Å². The van der Waals surface area contributed by atoms with E-state index in [1.165, 1.54) is 0 Å². The Bertz CT molecular complexity index is 423. The summed E-state index contributed by atoms with van der Waals surface area (Å²) in [6.07, 6.45) is -0.664. The van der Waals surface area contributed by atoms with E-state index in [1.54, 1.807) is 11.8 Å². The van der Waals surface area contributed by atoms with E-state index in [9.17, 15) is 9.90 Å². The number of nitrogens with zero attached hydrogens (tertiary/aromatic N) is 3. The Balaban J connectivity index is 0.00000242. The lowest BCUT2D eigenvalue weighted by molar-refractivity contribution is 0.0137. The van der Waals surface area contributed by atoms with Crippen LogP contribution in [0.3, 0.4) is 0 Å². The first-order valence-corrected chi connectivity index (χ1v) is 7.47. The van der Waals surface area contributed by atoms with E-state index in [1.807, 2.05) is 20.8 Å². The lowest BCUT2D eigenvalue weighted by Crippen LogP contribution is -2.57. The van der Waals surface area contributed by atoms with Gasteiger partial charge in [-0.3, -0.25) is 4.99 Å². The van der Waals surface area contributed by atoms with Crippen molar-refractivity contribution in [1.29, 1.82) is 0 Å². The minimum Gasteiger partial charge on any atom is -0.444 e. The van der Waals surface area contributed by atoms with Gasteiger partial charge in [0.15, 0.2) is 5.96 Å². The second kappa shape index (κ2) is 7.67. The first kappa shape index (κ1) is 19.3. The number of aliphatic imine (C=N–C) groups is 1. The number of ether oxygens (including phenoxy) is 1. The minimum absolute atomic E-state index is 0. The summed E-state index contributed by atoms with van der Waals surface area (Å²) < 4.78 is 5.41. The number of rotatable bonds is 2. The molecule has 1 amide bonds. The molecule has 2 unspecified atom stereocenters. The molecule has 8 heteroatoms. The number of guanidine groups is 1. The Morgan fingerprint density at radius 1 is 1.50 bits per heavy atom. The highest BCUT2D eigenvalue weighted by atomic mass is 127. The predicted octanol–water partition coefficient (Wildman–Crippen LogP) is 0.866. The quantitative estimate of drug-likeness (QED) is 0.641. The van der Waals surface area contributed by atoms with Crippen molar-refractivity contribution >= 4 is 36.0 Å². The second-order valence-corrected chi connectivity index (χ2v) is 6.67. The number of hydrogen-bond acceptors (Lipinski definition) is 6. The summed E-state index contributed by atoms with van der Waals surface area (Å²) in [5.74, 6) is 0.824. The topological polar surface area (TPSA) is 77.4 Å². The van der Waals surface area contributed by atoms with Crippen LogP contribution in [0.15, 0.2) is 4.99 Å². The molecule has 2 N–H and O–H groups in total. The molecule has 2 aliphatic rings. The van der Waals surface area contributed by atoms with Gasteiger partial charge in [0.2, 0.25) is 0 Å². The Labute approximate surface area is 149 Å². The van der Waals surface area contributed by atoms with E-state index < -0.39 is 11.7 Å². The Hall–Kier alpha value is -0.770. The highest BCUT2D eigenvalue weighted by molar-refractivity contribution is 14.0. The van der Waals surface area contributed by atoms with Gasteiger partial charge in [-0.05, 0) is 27.7 Å². The molecule has 0 aliphatic carbocycles. The number of nitrogens with one attached hydrogen (secondary N) is 1. The first-order valence-electron chi connectivity index (χ1n) is 7.47. The fraction of sp³-hybridized carbons (Fsp3) is 0.857. The van der Waals surface area contributed by atoms with E-state index in [-0.39, 0.29) is 36.1 Å². The third-order valence-corrected chi connectivity index (χ3v) is 3.41. The average Bonchev–Trinajstić information content (AvgIpc) is 2.76. The highest BCUT2D eigenvalue weighted by Gasteiger charge is 2.36. The molecule has 0 aromatic heterocycles. The minimum atomic E-state index is -0.468. The summed E-state index contributed by atoms with van der Waals surface area (Å²) in [5.41, 5.74) is -0.468. The van der Waals surface area contributed by atoms with Crippen molar-refractivity contribution in [1.82, 2.24) is 15.1 Å². The largest absolute Gasteiger partial charge is 0.444 e. The highest BCUT2D eigenvalue weighted by Crippen LogP contribution is 2.18. The zero-order chi connectivity index (χ0) is 15.6.